The van der Waals surface area contributed by atoms with Gasteiger partial charge in [-0.1, -0.05) is 60.7 Å². The van der Waals surface area contributed by atoms with Crippen molar-refractivity contribution in [3.8, 4) is 11.6 Å². The fourth-order valence-electron chi connectivity index (χ4n) is 2.44. The standard InChI is InChI=1S/C21H19IN2O3/c1-23-20(25)17-12-18(22)24-21(27-14-16-10-6-3-7-11-16)19(17)26-13-15-8-4-2-5-9-15/h2-12H,13-14H2,1H3,(H,23,25)/i1T. The molecule has 0 aliphatic heterocycles. The van der Waals surface area contributed by atoms with Crippen molar-refractivity contribution in [1.82, 2.24) is 10.3 Å². The molecule has 5 nitrogen and oxygen atoms in total. The second-order valence-corrected chi connectivity index (χ2v) is 6.79. The first-order chi connectivity index (χ1) is 13.7. The number of amides is 1. The van der Waals surface area contributed by atoms with Crippen LogP contribution >= 0.6 is 22.6 Å². The number of hydrogen-bond acceptors (Lipinski definition) is 4. The van der Waals surface area contributed by atoms with Crippen molar-refractivity contribution in [3.05, 3.63) is 87.1 Å². The summed E-state index contributed by atoms with van der Waals surface area (Å²) < 4.78 is 19.7. The van der Waals surface area contributed by atoms with E-state index >= 15 is 0 Å². The number of carbonyl (C=O) groups is 1. The zero-order valence-electron chi connectivity index (χ0n) is 15.5. The van der Waals surface area contributed by atoms with Crippen LogP contribution in [0.5, 0.6) is 11.6 Å². The lowest BCUT2D eigenvalue weighted by molar-refractivity contribution is 0.0956. The smallest absolute Gasteiger partial charge is 0.259 e. The van der Waals surface area contributed by atoms with Gasteiger partial charge in [0, 0.05) is 8.39 Å². The third kappa shape index (κ3) is 5.19. The average molecular weight is 476 g/mol. The second-order valence-electron chi connectivity index (χ2n) is 5.68. The Morgan fingerprint density at radius 1 is 1.04 bits per heavy atom. The highest BCUT2D eigenvalue weighted by Crippen LogP contribution is 2.32. The van der Waals surface area contributed by atoms with E-state index in [1.54, 1.807) is 6.07 Å². The number of nitrogens with zero attached hydrogens (tertiary/aromatic N) is 1. The van der Waals surface area contributed by atoms with E-state index in [0.717, 1.165) is 11.1 Å². The van der Waals surface area contributed by atoms with E-state index in [9.17, 15) is 4.79 Å². The summed E-state index contributed by atoms with van der Waals surface area (Å²) in [4.78, 5) is 16.9. The number of rotatable bonds is 7. The fourth-order valence-corrected chi connectivity index (χ4v) is 2.97. The molecule has 0 unspecified atom stereocenters. The molecule has 0 spiro atoms. The van der Waals surface area contributed by atoms with Crippen molar-refractivity contribution in [2.24, 2.45) is 0 Å². The van der Waals surface area contributed by atoms with E-state index in [1.165, 1.54) is 0 Å². The maximum atomic E-state index is 12.5. The lowest BCUT2D eigenvalue weighted by atomic mass is 10.2. The second kappa shape index (κ2) is 9.36. The van der Waals surface area contributed by atoms with Gasteiger partial charge in [0.15, 0.2) is 5.75 Å². The molecule has 27 heavy (non-hydrogen) atoms. The molecule has 0 saturated heterocycles. The maximum Gasteiger partial charge on any atom is 0.259 e. The van der Waals surface area contributed by atoms with Crippen LogP contribution in [0.4, 0.5) is 0 Å². The summed E-state index contributed by atoms with van der Waals surface area (Å²) in [5, 5.41) is 2.49. The van der Waals surface area contributed by atoms with Gasteiger partial charge < -0.3 is 14.8 Å². The van der Waals surface area contributed by atoms with Crippen LogP contribution in [-0.4, -0.2) is 17.9 Å². The molecule has 1 aromatic heterocycles. The Labute approximate surface area is 173 Å². The van der Waals surface area contributed by atoms with Crippen LogP contribution in [0.3, 0.4) is 0 Å². The number of carbonyl (C=O) groups excluding carboxylic acids is 1. The number of nitrogens with one attached hydrogen (secondary N) is 1. The SMILES string of the molecule is [3H]CNC(=O)c1cc(I)nc(OCc2ccccc2)c1OCc1ccccc1. The number of halogens is 1. The summed E-state index contributed by atoms with van der Waals surface area (Å²) in [5.41, 5.74) is 2.24. The molecule has 3 rings (SSSR count). The van der Waals surface area contributed by atoms with Crippen LogP contribution < -0.4 is 14.8 Å². The minimum atomic E-state index is -0.400. The van der Waals surface area contributed by atoms with E-state index < -0.39 is 5.91 Å². The van der Waals surface area contributed by atoms with Gasteiger partial charge in [0.05, 0.1) is 5.56 Å². The topological polar surface area (TPSA) is 60.5 Å². The van der Waals surface area contributed by atoms with Gasteiger partial charge in [-0.15, -0.1) is 0 Å². The molecule has 0 bridgehead atoms. The van der Waals surface area contributed by atoms with Gasteiger partial charge in [0.1, 0.15) is 16.9 Å². The van der Waals surface area contributed by atoms with Crippen LogP contribution in [0.2, 0.25) is 0 Å². The highest BCUT2D eigenvalue weighted by molar-refractivity contribution is 14.1. The highest BCUT2D eigenvalue weighted by Gasteiger charge is 2.20. The minimum Gasteiger partial charge on any atom is -0.483 e. The molecule has 0 atom stereocenters. The van der Waals surface area contributed by atoms with Gasteiger partial charge in [-0.2, -0.15) is 0 Å². The van der Waals surface area contributed by atoms with Crippen LogP contribution in [0, 0.1) is 3.70 Å². The lowest BCUT2D eigenvalue weighted by Gasteiger charge is -2.16. The van der Waals surface area contributed by atoms with Crippen molar-refractivity contribution >= 4 is 28.5 Å². The number of pyridine rings is 1. The monoisotopic (exact) mass is 476 g/mol. The van der Waals surface area contributed by atoms with Crippen molar-refractivity contribution in [3.63, 3.8) is 0 Å². The van der Waals surface area contributed by atoms with Gasteiger partial charge in [0.25, 0.3) is 11.8 Å². The van der Waals surface area contributed by atoms with Gasteiger partial charge >= 0.3 is 0 Å². The van der Waals surface area contributed by atoms with Crippen molar-refractivity contribution in [1.29, 1.82) is 0 Å². The van der Waals surface area contributed by atoms with Gasteiger partial charge in [-0.3, -0.25) is 4.79 Å². The van der Waals surface area contributed by atoms with E-state index in [0.29, 0.717) is 15.9 Å². The first-order valence-corrected chi connectivity index (χ1v) is 9.36. The zero-order chi connectivity index (χ0) is 19.8. The molecule has 1 amide bonds. The molecule has 3 aromatic rings. The Kier molecular flexibility index (Phi) is 6.17. The Hall–Kier alpha value is -2.61. The largest absolute Gasteiger partial charge is 0.483 e. The predicted molar refractivity (Wildman–Crippen MR) is 112 cm³/mol. The fraction of sp³-hybridized carbons (Fsp3) is 0.143. The summed E-state index contributed by atoms with van der Waals surface area (Å²) in [6.07, 6.45) is 0. The van der Waals surface area contributed by atoms with E-state index in [2.05, 4.69) is 10.3 Å². The third-order valence-corrected chi connectivity index (χ3v) is 4.31. The molecular formula is C21H19IN2O3. The van der Waals surface area contributed by atoms with E-state index in [4.69, 9.17) is 10.8 Å². The Morgan fingerprint density at radius 2 is 1.63 bits per heavy atom. The van der Waals surface area contributed by atoms with Crippen LogP contribution in [0.1, 0.15) is 22.9 Å². The molecule has 0 radical (unpaired) electrons. The predicted octanol–water partition coefficient (Wildman–Crippen LogP) is 4.20. The summed E-state index contributed by atoms with van der Waals surface area (Å²) in [7, 11) is -0.226. The van der Waals surface area contributed by atoms with Gasteiger partial charge in [0.2, 0.25) is 0 Å². The molecular weight excluding hydrogens is 455 g/mol. The first-order valence-electron chi connectivity index (χ1n) is 8.99. The Balaban J connectivity index is 1.90. The molecule has 138 valence electrons. The molecule has 0 aliphatic rings. The number of aromatic nitrogens is 1. The molecule has 0 fully saturated rings. The normalized spacial score (nSPS) is 10.8. The van der Waals surface area contributed by atoms with Crippen molar-refractivity contribution in [2.45, 2.75) is 13.2 Å². The highest BCUT2D eigenvalue weighted by atomic mass is 127. The molecule has 0 aliphatic carbocycles. The lowest BCUT2D eigenvalue weighted by Crippen LogP contribution is -2.20. The van der Waals surface area contributed by atoms with Gasteiger partial charge in [-0.25, -0.2) is 4.98 Å². The summed E-state index contributed by atoms with van der Waals surface area (Å²) in [6.45, 7) is 0.571. The molecule has 0 saturated carbocycles. The zero-order valence-corrected chi connectivity index (χ0v) is 16.7. The van der Waals surface area contributed by atoms with Crippen LogP contribution in [0.25, 0.3) is 0 Å². The number of benzene rings is 2. The maximum absolute atomic E-state index is 12.5. The molecule has 1 heterocycles. The summed E-state index contributed by atoms with van der Waals surface area (Å²) in [6, 6.07) is 21.0. The summed E-state index contributed by atoms with van der Waals surface area (Å²) >= 11 is 2.03. The van der Waals surface area contributed by atoms with Gasteiger partial charge in [-0.05, 0) is 39.8 Å². The quantitative estimate of drug-likeness (QED) is 0.410. The molecule has 6 heteroatoms. The first kappa shape index (κ1) is 17.8. The van der Waals surface area contributed by atoms with E-state index in [-0.39, 0.29) is 25.3 Å². The molecule has 2 aromatic carbocycles. The number of hydrogen-bond donors (Lipinski definition) is 1. The Bertz CT molecular complexity index is 924. The minimum absolute atomic E-state index is 0.226. The van der Waals surface area contributed by atoms with Crippen LogP contribution in [0.15, 0.2) is 66.7 Å². The van der Waals surface area contributed by atoms with Crippen molar-refractivity contribution in [2.75, 3.05) is 7.02 Å². The molecule has 1 N–H and O–H groups in total. The average Bonchev–Trinajstić information content (AvgIpc) is 2.72. The van der Waals surface area contributed by atoms with Crippen LogP contribution in [-0.2, 0) is 13.2 Å². The van der Waals surface area contributed by atoms with Crippen molar-refractivity contribution < 1.29 is 15.6 Å². The Morgan fingerprint density at radius 3 is 2.22 bits per heavy atom. The third-order valence-electron chi connectivity index (χ3n) is 3.76. The van der Waals surface area contributed by atoms with E-state index in [1.807, 2.05) is 83.3 Å². The summed E-state index contributed by atoms with van der Waals surface area (Å²) in [5.74, 6) is 0.121. The number of ether oxygens (including phenoxy) is 2.